The lowest BCUT2D eigenvalue weighted by Crippen LogP contribution is -2.43. The molecule has 0 saturated carbocycles. The Labute approximate surface area is 183 Å². The highest BCUT2D eigenvalue weighted by atomic mass is 35.5. The van der Waals surface area contributed by atoms with Crippen molar-refractivity contribution >= 4 is 41.1 Å². The van der Waals surface area contributed by atoms with Crippen LogP contribution in [0.4, 0.5) is 4.79 Å². The van der Waals surface area contributed by atoms with Crippen molar-refractivity contribution in [1.82, 2.24) is 10.6 Å². The average Bonchev–Trinajstić information content (AvgIpc) is 2.73. The fourth-order valence-electron chi connectivity index (χ4n) is 2.04. The highest BCUT2D eigenvalue weighted by Gasteiger charge is 2.26. The van der Waals surface area contributed by atoms with Gasteiger partial charge in [0.1, 0.15) is 11.5 Å². The lowest BCUT2D eigenvalue weighted by Gasteiger charge is -2.19. The van der Waals surface area contributed by atoms with Crippen LogP contribution in [0.15, 0.2) is 48.5 Å². The van der Waals surface area contributed by atoms with E-state index in [0.29, 0.717) is 34.5 Å². The fourth-order valence-corrected chi connectivity index (χ4v) is 2.30. The van der Waals surface area contributed by atoms with Crippen LogP contribution in [-0.4, -0.2) is 37.3 Å². The van der Waals surface area contributed by atoms with Crippen LogP contribution in [0.25, 0.3) is 0 Å². The Morgan fingerprint density at radius 3 is 1.87 bits per heavy atom. The summed E-state index contributed by atoms with van der Waals surface area (Å²) < 4.78 is 16.0. The van der Waals surface area contributed by atoms with Crippen LogP contribution in [0.1, 0.15) is 13.3 Å². The lowest BCUT2D eigenvalue weighted by atomic mass is 10.3. The minimum Gasteiger partial charge on any atom is -0.450 e. The summed E-state index contributed by atoms with van der Waals surface area (Å²) in [6, 6.07) is 11.8. The summed E-state index contributed by atoms with van der Waals surface area (Å²) in [4.78, 5) is 35.7. The number of rotatable bonds is 9. The predicted molar refractivity (Wildman–Crippen MR) is 111 cm³/mol. The number of hydrogen-bond donors (Lipinski definition) is 2. The van der Waals surface area contributed by atoms with Crippen molar-refractivity contribution in [1.29, 1.82) is 0 Å². The van der Waals surface area contributed by atoms with E-state index in [1.807, 2.05) is 12.2 Å². The van der Waals surface area contributed by atoms with E-state index in [1.54, 1.807) is 48.5 Å². The molecule has 0 aromatic heterocycles. The van der Waals surface area contributed by atoms with Crippen LogP contribution < -0.4 is 20.1 Å². The van der Waals surface area contributed by atoms with Gasteiger partial charge in [-0.15, -0.1) is 0 Å². The molecule has 3 amide bonds. The smallest absolute Gasteiger partial charge is 0.390 e. The molecular formula is C20H20Cl2N2O6. The molecule has 10 heteroatoms. The van der Waals surface area contributed by atoms with Crippen LogP contribution in [0.3, 0.4) is 0 Å². The highest BCUT2D eigenvalue weighted by Crippen LogP contribution is 2.21. The normalized spacial score (nSPS) is 10.3. The third-order valence-corrected chi connectivity index (χ3v) is 3.94. The molecule has 0 fully saturated rings. The summed E-state index contributed by atoms with van der Waals surface area (Å²) in [5, 5.41) is 5.48. The van der Waals surface area contributed by atoms with E-state index in [9.17, 15) is 14.4 Å². The largest absolute Gasteiger partial charge is 0.450 e. The third-order valence-electron chi connectivity index (χ3n) is 3.44. The van der Waals surface area contributed by atoms with Gasteiger partial charge in [0, 0.05) is 16.6 Å². The number of hydrogen-bond acceptors (Lipinski definition) is 6. The highest BCUT2D eigenvalue weighted by molar-refractivity contribution is 6.30. The summed E-state index contributed by atoms with van der Waals surface area (Å²) in [7, 11) is 0. The monoisotopic (exact) mass is 454 g/mol. The number of carbonyl (C=O) groups excluding carboxylic acids is 3. The first-order valence-electron chi connectivity index (χ1n) is 8.96. The Kier molecular flexibility index (Phi) is 9.24. The van der Waals surface area contributed by atoms with Crippen molar-refractivity contribution in [2.75, 3.05) is 13.2 Å². The standard InChI is InChI=1S/C20H20Cl2N2O6/c1-2-11-23-20(27)24-17(25)12-28-18(26)19(29-15-7-3-13(21)4-8-15)30-16-9-5-14(22)6-10-16/h3-10,19H,2,11-12H2,1H3,(H2,23,24,25,27). The Morgan fingerprint density at radius 1 is 0.900 bits per heavy atom. The van der Waals surface area contributed by atoms with Crippen LogP contribution in [0, 0.1) is 0 Å². The van der Waals surface area contributed by atoms with E-state index >= 15 is 0 Å². The predicted octanol–water partition coefficient (Wildman–Crippen LogP) is 3.56. The molecular weight excluding hydrogens is 435 g/mol. The van der Waals surface area contributed by atoms with Crippen molar-refractivity contribution in [2.45, 2.75) is 19.6 Å². The van der Waals surface area contributed by atoms with Crippen LogP contribution in [0.2, 0.25) is 10.0 Å². The van der Waals surface area contributed by atoms with Crippen molar-refractivity contribution in [3.63, 3.8) is 0 Å². The SMILES string of the molecule is CCCNC(=O)NC(=O)COC(=O)C(Oc1ccc(Cl)cc1)Oc1ccc(Cl)cc1. The maximum Gasteiger partial charge on any atom is 0.390 e. The van der Waals surface area contributed by atoms with E-state index in [1.165, 1.54) is 0 Å². The first-order valence-corrected chi connectivity index (χ1v) is 9.71. The molecule has 0 heterocycles. The van der Waals surface area contributed by atoms with E-state index < -0.39 is 30.8 Å². The summed E-state index contributed by atoms with van der Waals surface area (Å²) in [6.07, 6.45) is -0.809. The van der Waals surface area contributed by atoms with E-state index in [-0.39, 0.29) is 0 Å². The van der Waals surface area contributed by atoms with Gasteiger partial charge in [0.2, 0.25) is 0 Å². The Balaban J connectivity index is 2.00. The summed E-state index contributed by atoms with van der Waals surface area (Å²) in [6.45, 7) is 1.58. The number of imide groups is 1. The molecule has 0 radical (unpaired) electrons. The van der Waals surface area contributed by atoms with Gasteiger partial charge in [0.15, 0.2) is 6.61 Å². The minimum absolute atomic E-state index is 0.290. The molecule has 160 valence electrons. The number of carbonyl (C=O) groups is 3. The fraction of sp³-hybridized carbons (Fsp3) is 0.250. The first kappa shape index (κ1) is 23.3. The molecule has 2 rings (SSSR count). The van der Waals surface area contributed by atoms with E-state index in [2.05, 4.69) is 5.32 Å². The van der Waals surface area contributed by atoms with Gasteiger partial charge in [-0.05, 0) is 55.0 Å². The molecule has 30 heavy (non-hydrogen) atoms. The molecule has 0 bridgehead atoms. The van der Waals surface area contributed by atoms with Crippen LogP contribution in [-0.2, 0) is 14.3 Å². The molecule has 0 aliphatic heterocycles. The molecule has 0 atom stereocenters. The van der Waals surface area contributed by atoms with Gasteiger partial charge in [-0.25, -0.2) is 9.59 Å². The second-order valence-electron chi connectivity index (χ2n) is 5.89. The minimum atomic E-state index is -1.52. The average molecular weight is 455 g/mol. The van der Waals surface area contributed by atoms with Gasteiger partial charge >= 0.3 is 18.3 Å². The van der Waals surface area contributed by atoms with Crippen LogP contribution >= 0.6 is 23.2 Å². The van der Waals surface area contributed by atoms with Gasteiger partial charge in [0.25, 0.3) is 5.91 Å². The van der Waals surface area contributed by atoms with E-state index in [0.717, 1.165) is 0 Å². The zero-order valence-corrected chi connectivity index (χ0v) is 17.5. The van der Waals surface area contributed by atoms with Crippen molar-refractivity contribution in [2.24, 2.45) is 0 Å². The van der Waals surface area contributed by atoms with E-state index in [4.69, 9.17) is 37.4 Å². The van der Waals surface area contributed by atoms with Crippen molar-refractivity contribution in [3.05, 3.63) is 58.6 Å². The molecule has 2 aromatic carbocycles. The topological polar surface area (TPSA) is 103 Å². The number of nitrogens with one attached hydrogen (secondary N) is 2. The van der Waals surface area contributed by atoms with Gasteiger partial charge in [-0.3, -0.25) is 10.1 Å². The van der Waals surface area contributed by atoms with Gasteiger partial charge < -0.3 is 19.5 Å². The second-order valence-corrected chi connectivity index (χ2v) is 6.76. The number of esters is 1. The maximum atomic E-state index is 12.4. The molecule has 0 spiro atoms. The number of halogens is 2. The Hall–Kier alpha value is -2.97. The second kappa shape index (κ2) is 11.9. The van der Waals surface area contributed by atoms with Crippen LogP contribution in [0.5, 0.6) is 11.5 Å². The molecule has 2 N–H and O–H groups in total. The number of amides is 3. The maximum absolute atomic E-state index is 12.4. The zero-order valence-electron chi connectivity index (χ0n) is 16.0. The van der Waals surface area contributed by atoms with Crippen molar-refractivity contribution < 1.29 is 28.6 Å². The molecule has 0 unspecified atom stereocenters. The summed E-state index contributed by atoms with van der Waals surface area (Å²) in [5.41, 5.74) is 0. The van der Waals surface area contributed by atoms with Gasteiger partial charge in [0.05, 0.1) is 0 Å². The molecule has 2 aromatic rings. The lowest BCUT2D eigenvalue weighted by molar-refractivity contribution is -0.167. The zero-order chi connectivity index (χ0) is 21.9. The summed E-state index contributed by atoms with van der Waals surface area (Å²) >= 11 is 11.7. The van der Waals surface area contributed by atoms with Gasteiger partial charge in [-0.1, -0.05) is 30.1 Å². The number of benzene rings is 2. The molecule has 0 aliphatic carbocycles. The summed E-state index contributed by atoms with van der Waals surface area (Å²) in [5.74, 6) is -1.19. The Bertz CT molecular complexity index is 811. The molecule has 8 nitrogen and oxygen atoms in total. The number of ether oxygens (including phenoxy) is 3. The van der Waals surface area contributed by atoms with Crippen molar-refractivity contribution in [3.8, 4) is 11.5 Å². The molecule has 0 saturated heterocycles. The quantitative estimate of drug-likeness (QED) is 0.443. The van der Waals surface area contributed by atoms with Gasteiger partial charge in [-0.2, -0.15) is 0 Å². The molecule has 0 aliphatic rings. The Morgan fingerprint density at radius 2 is 1.40 bits per heavy atom. The first-order chi connectivity index (χ1) is 14.4. The number of urea groups is 1. The third kappa shape index (κ3) is 8.18.